The van der Waals surface area contributed by atoms with E-state index in [1.54, 1.807) is 13.0 Å². The number of halogens is 1. The Kier molecular flexibility index (Phi) is 9.62. The van der Waals surface area contributed by atoms with Gasteiger partial charge in [-0.1, -0.05) is 56.0 Å². The topological polar surface area (TPSA) is 55.8 Å². The maximum absolute atomic E-state index is 15.0. The third kappa shape index (κ3) is 7.52. The van der Waals surface area contributed by atoms with Crippen LogP contribution >= 0.6 is 0 Å². The van der Waals surface area contributed by atoms with Gasteiger partial charge in [0.1, 0.15) is 24.8 Å². The number of ether oxygens (including phenoxy) is 2. The Morgan fingerprint density at radius 2 is 1.51 bits per heavy atom. The molecule has 0 spiro atoms. The fraction of sp³-hybridized carbons (Fsp3) is 0.300. The summed E-state index contributed by atoms with van der Waals surface area (Å²) in [6.07, 6.45) is 2.91. The van der Waals surface area contributed by atoms with Gasteiger partial charge in [0.2, 0.25) is 0 Å². The molecule has 184 valence electrons. The van der Waals surface area contributed by atoms with Gasteiger partial charge in [-0.05, 0) is 78.6 Å². The van der Waals surface area contributed by atoms with Crippen molar-refractivity contribution >= 4 is 5.97 Å². The summed E-state index contributed by atoms with van der Waals surface area (Å²) in [5, 5.41) is 9.18. The Morgan fingerprint density at radius 1 is 0.886 bits per heavy atom. The number of aliphatic hydroxyl groups is 1. The van der Waals surface area contributed by atoms with Crippen LogP contribution in [0.2, 0.25) is 0 Å². The Labute approximate surface area is 207 Å². The van der Waals surface area contributed by atoms with Crippen molar-refractivity contribution in [3.05, 3.63) is 101 Å². The van der Waals surface area contributed by atoms with Crippen molar-refractivity contribution in [1.82, 2.24) is 0 Å². The third-order valence-electron chi connectivity index (χ3n) is 5.83. The average molecular weight is 477 g/mol. The number of hydrogen-bond donors (Lipinski definition) is 1. The van der Waals surface area contributed by atoms with Gasteiger partial charge in [0.15, 0.2) is 0 Å². The zero-order chi connectivity index (χ0) is 25.2. The van der Waals surface area contributed by atoms with E-state index in [-0.39, 0.29) is 25.6 Å². The van der Waals surface area contributed by atoms with E-state index in [0.29, 0.717) is 23.3 Å². The van der Waals surface area contributed by atoms with Gasteiger partial charge in [0.25, 0.3) is 0 Å². The number of carbonyl (C=O) groups excluding carboxylic acids is 1. The maximum atomic E-state index is 15.0. The highest BCUT2D eigenvalue weighted by atomic mass is 19.1. The van der Waals surface area contributed by atoms with Gasteiger partial charge >= 0.3 is 5.97 Å². The number of aryl methyl sites for hydroxylation is 3. The van der Waals surface area contributed by atoms with Crippen LogP contribution in [-0.2, 0) is 35.2 Å². The molecule has 0 atom stereocenters. The molecule has 0 saturated heterocycles. The molecule has 3 aromatic carbocycles. The Bertz CT molecular complexity index is 1150. The smallest absolute Gasteiger partial charge is 0.333 e. The fourth-order valence-electron chi connectivity index (χ4n) is 3.88. The largest absolute Gasteiger partial charge is 0.490 e. The summed E-state index contributed by atoms with van der Waals surface area (Å²) < 4.78 is 25.6. The summed E-state index contributed by atoms with van der Waals surface area (Å²) >= 11 is 0. The van der Waals surface area contributed by atoms with E-state index in [0.717, 1.165) is 47.1 Å². The van der Waals surface area contributed by atoms with Gasteiger partial charge in [0, 0.05) is 17.7 Å². The standard InChI is InChI=1S/C30H33FO4/c1-4-25-19-24(15-16-32)9-13-27(25)28-14-10-23(20-29(28)31)6-5-22-7-11-26(12-8-22)34-17-18-35-30(33)21(2)3/h7-14,19-20,32H,2,4-6,15-18H2,1,3H3. The lowest BCUT2D eigenvalue weighted by atomic mass is 9.93. The van der Waals surface area contributed by atoms with E-state index < -0.39 is 5.97 Å². The number of rotatable bonds is 12. The van der Waals surface area contributed by atoms with Crippen LogP contribution in [0.1, 0.15) is 36.1 Å². The molecule has 0 amide bonds. The van der Waals surface area contributed by atoms with Crippen molar-refractivity contribution in [3.63, 3.8) is 0 Å². The number of benzene rings is 3. The van der Waals surface area contributed by atoms with Crippen LogP contribution in [0.25, 0.3) is 11.1 Å². The summed E-state index contributed by atoms with van der Waals surface area (Å²) in [6.45, 7) is 7.74. The molecule has 0 saturated carbocycles. The summed E-state index contributed by atoms with van der Waals surface area (Å²) in [4.78, 5) is 11.4. The highest BCUT2D eigenvalue weighted by Gasteiger charge is 2.11. The predicted octanol–water partition coefficient (Wildman–Crippen LogP) is 5.87. The second-order valence-electron chi connectivity index (χ2n) is 8.54. The van der Waals surface area contributed by atoms with Crippen molar-refractivity contribution in [2.24, 2.45) is 0 Å². The zero-order valence-corrected chi connectivity index (χ0v) is 20.5. The fourth-order valence-corrected chi connectivity index (χ4v) is 3.88. The normalized spacial score (nSPS) is 10.7. The van der Waals surface area contributed by atoms with Crippen LogP contribution in [0, 0.1) is 5.82 Å². The second kappa shape index (κ2) is 12.9. The van der Waals surface area contributed by atoms with Gasteiger partial charge in [-0.3, -0.25) is 0 Å². The average Bonchev–Trinajstić information content (AvgIpc) is 2.86. The monoisotopic (exact) mass is 476 g/mol. The maximum Gasteiger partial charge on any atom is 0.333 e. The molecule has 0 bridgehead atoms. The molecule has 3 aromatic rings. The molecule has 4 nitrogen and oxygen atoms in total. The van der Waals surface area contributed by atoms with E-state index >= 15 is 4.39 Å². The zero-order valence-electron chi connectivity index (χ0n) is 20.5. The third-order valence-corrected chi connectivity index (χ3v) is 5.83. The molecule has 5 heteroatoms. The number of esters is 1. The van der Waals surface area contributed by atoms with Crippen LogP contribution in [-0.4, -0.2) is 30.9 Å². The highest BCUT2D eigenvalue weighted by molar-refractivity contribution is 5.86. The molecule has 3 rings (SSSR count). The molecule has 0 unspecified atom stereocenters. The molecule has 35 heavy (non-hydrogen) atoms. The van der Waals surface area contributed by atoms with Crippen molar-refractivity contribution in [3.8, 4) is 16.9 Å². The van der Waals surface area contributed by atoms with Gasteiger partial charge < -0.3 is 14.6 Å². The SMILES string of the molecule is C=C(C)C(=O)OCCOc1ccc(CCc2ccc(-c3ccc(CCO)cc3CC)c(F)c2)cc1. The molecular weight excluding hydrogens is 443 g/mol. The van der Waals surface area contributed by atoms with E-state index in [9.17, 15) is 9.90 Å². The van der Waals surface area contributed by atoms with Gasteiger partial charge in [-0.2, -0.15) is 0 Å². The first-order valence-electron chi connectivity index (χ1n) is 12.0. The minimum Gasteiger partial charge on any atom is -0.490 e. The summed E-state index contributed by atoms with van der Waals surface area (Å²) in [7, 11) is 0. The first-order chi connectivity index (χ1) is 16.9. The van der Waals surface area contributed by atoms with E-state index in [4.69, 9.17) is 9.47 Å². The highest BCUT2D eigenvalue weighted by Crippen LogP contribution is 2.29. The molecular formula is C30H33FO4. The number of carbonyl (C=O) groups is 1. The first-order valence-corrected chi connectivity index (χ1v) is 12.0. The Balaban J connectivity index is 1.56. The van der Waals surface area contributed by atoms with Crippen LogP contribution in [0.5, 0.6) is 5.75 Å². The first kappa shape index (κ1) is 26.2. The van der Waals surface area contributed by atoms with Crippen LogP contribution in [0.3, 0.4) is 0 Å². The molecule has 1 N–H and O–H groups in total. The van der Waals surface area contributed by atoms with Gasteiger partial charge in [-0.15, -0.1) is 0 Å². The molecule has 0 aliphatic carbocycles. The van der Waals surface area contributed by atoms with Crippen molar-refractivity contribution in [1.29, 1.82) is 0 Å². The van der Waals surface area contributed by atoms with Crippen molar-refractivity contribution in [2.45, 2.75) is 39.5 Å². The van der Waals surface area contributed by atoms with Gasteiger partial charge in [-0.25, -0.2) is 9.18 Å². The second-order valence-corrected chi connectivity index (χ2v) is 8.54. The summed E-state index contributed by atoms with van der Waals surface area (Å²) in [5.74, 6) is 0.0608. The van der Waals surface area contributed by atoms with Crippen LogP contribution in [0.15, 0.2) is 72.8 Å². The minimum atomic E-state index is -0.421. The summed E-state index contributed by atoms with van der Waals surface area (Å²) in [6, 6.07) is 19.2. The van der Waals surface area contributed by atoms with E-state index in [1.807, 2.05) is 48.5 Å². The lowest BCUT2D eigenvalue weighted by molar-refractivity contribution is -0.139. The lowest BCUT2D eigenvalue weighted by Gasteiger charge is -2.13. The van der Waals surface area contributed by atoms with E-state index in [2.05, 4.69) is 19.6 Å². The molecule has 0 aliphatic rings. The molecule has 0 aliphatic heterocycles. The lowest BCUT2D eigenvalue weighted by Crippen LogP contribution is -2.12. The van der Waals surface area contributed by atoms with Crippen LogP contribution < -0.4 is 4.74 Å². The van der Waals surface area contributed by atoms with Crippen molar-refractivity contribution in [2.75, 3.05) is 19.8 Å². The van der Waals surface area contributed by atoms with E-state index in [1.165, 1.54) is 0 Å². The molecule has 0 fully saturated rings. The van der Waals surface area contributed by atoms with Crippen molar-refractivity contribution < 1.29 is 23.8 Å². The molecule has 0 radical (unpaired) electrons. The molecule has 0 heterocycles. The van der Waals surface area contributed by atoms with Gasteiger partial charge in [0.05, 0.1) is 0 Å². The minimum absolute atomic E-state index is 0.105. The Hall–Kier alpha value is -3.44. The quantitative estimate of drug-likeness (QED) is 0.202. The number of aliphatic hydroxyl groups excluding tert-OH is 1. The number of hydrogen-bond acceptors (Lipinski definition) is 4. The Morgan fingerprint density at radius 3 is 2.14 bits per heavy atom. The van der Waals surface area contributed by atoms with Crippen LogP contribution in [0.4, 0.5) is 4.39 Å². The molecule has 0 aromatic heterocycles. The summed E-state index contributed by atoms with van der Waals surface area (Å²) in [5.41, 5.74) is 6.10. The predicted molar refractivity (Wildman–Crippen MR) is 137 cm³/mol.